The molecule has 0 unspecified atom stereocenters. The van der Waals surface area contributed by atoms with Gasteiger partial charge in [0.1, 0.15) is 0 Å². The minimum absolute atomic E-state index is 0.192. The Labute approximate surface area is 856 Å². The van der Waals surface area contributed by atoms with Crippen molar-refractivity contribution in [3.05, 3.63) is 510 Å². The fourth-order valence-electron chi connectivity index (χ4n) is 27.8. The molecule has 0 aliphatic carbocycles. The molecule has 36 rings (SSSR count). The van der Waals surface area contributed by atoms with Gasteiger partial charge in [-0.05, 0) is 237 Å². The van der Waals surface area contributed by atoms with Gasteiger partial charge in [0.25, 0.3) is 0 Å². The zero-order valence-electron chi connectivity index (χ0n) is 80.6. The Morgan fingerprint density at radius 3 is 0.696 bits per heavy atom. The first kappa shape index (κ1) is 81.8. The SMILES string of the molecule is c1ccc(-c2ccc(-c3cc4c5c(c3)c3cccc6c3n5B(c3ccccc3-6)c3ccccc3-4)cc2)cc1.c1ccc(-c2cccc(-c3cc4c5c(c3)c3cccc6c3n5B(c3ccccc3-6)c3ccccc3-4)c2)cc1.c1ccc2c(c1)B1c3ccccc3-c3cc(-c4ccc5ccccc5c4)cc4c5cccc-2c5n1c34.c1ccc2c(c1)B1c3ccccc3-c3cc(-c4cccc5ccccc45)cc4c5cccc-2c5n1c34. The summed E-state index contributed by atoms with van der Waals surface area (Å²) in [6.45, 7) is 0.785. The third-order valence-corrected chi connectivity index (χ3v) is 33.9. The Bertz CT molecular complexity index is 10700. The summed E-state index contributed by atoms with van der Waals surface area (Å²) < 4.78 is 10.5. The molecular formula is C140H84B4N4. The van der Waals surface area contributed by atoms with Crippen LogP contribution in [0.4, 0.5) is 0 Å². The van der Waals surface area contributed by atoms with Gasteiger partial charge in [-0.15, -0.1) is 0 Å². The Hall–Kier alpha value is -18.7. The largest absolute Gasteiger partial charge is 0.375 e. The van der Waals surface area contributed by atoms with E-state index < -0.39 is 0 Å². The minimum Gasteiger partial charge on any atom is -0.375 e. The van der Waals surface area contributed by atoms with Gasteiger partial charge in [0.15, 0.2) is 0 Å². The van der Waals surface area contributed by atoms with Gasteiger partial charge in [-0.3, -0.25) is 0 Å². The second kappa shape index (κ2) is 31.4. The topological polar surface area (TPSA) is 19.7 Å². The molecule has 0 atom stereocenters. The maximum Gasteiger partial charge on any atom is 0.329 e. The smallest absolute Gasteiger partial charge is 0.329 e. The third kappa shape index (κ3) is 11.6. The maximum absolute atomic E-state index is 2.63. The summed E-state index contributed by atoms with van der Waals surface area (Å²) in [5.41, 5.74) is 58.6. The van der Waals surface area contributed by atoms with Crippen LogP contribution in [0.1, 0.15) is 0 Å². The first-order chi connectivity index (χ1) is 73.5. The number of fused-ring (bicyclic) bond motifs is 30. The molecule has 0 N–H and O–H groups in total. The number of para-hydroxylation sites is 4. The molecule has 676 valence electrons. The van der Waals surface area contributed by atoms with Gasteiger partial charge in [-0.2, -0.15) is 0 Å². The van der Waals surface area contributed by atoms with Crippen molar-refractivity contribution in [1.82, 2.24) is 17.9 Å². The van der Waals surface area contributed by atoms with E-state index >= 15 is 0 Å². The predicted molar refractivity (Wildman–Crippen MR) is 631 cm³/mol. The lowest BCUT2D eigenvalue weighted by molar-refractivity contribution is 1.31. The van der Waals surface area contributed by atoms with Crippen molar-refractivity contribution in [3.63, 3.8) is 0 Å². The van der Waals surface area contributed by atoms with Crippen LogP contribution >= 0.6 is 0 Å². The van der Waals surface area contributed by atoms with Crippen LogP contribution in [0, 0.1) is 0 Å². The first-order valence-electron chi connectivity index (χ1n) is 51.9. The van der Waals surface area contributed by atoms with Crippen molar-refractivity contribution < 1.29 is 0 Å². The standard InChI is InChI=1S/2C36H22BN.2C34H20BN/c1-2-10-23(11-3-1)24-12-8-13-25(20-24)26-21-31-28-15-5-7-19-34(28)37-33-18-6-4-14-27(33)29-16-9-17-30-32(22-26)36(31)38(37)35(29)30;1-2-9-23(10-3-1)24-17-19-25(20-18-24)26-21-31-28-12-5-7-16-34(28)37-33-15-6-4-11-27(33)29-13-8-14-30-32(22-26)36(31)38(37)35(29)30;1-2-11-23-21(9-1)10-7-14-24(23)22-19-29-26-13-4-6-18-32(26)35-31-17-5-3-12-25(31)27-15-8-16-28-30(20-22)34(29)36(35)33(27)28;1-2-9-22-18-23(17-16-21(22)8-1)24-19-29-26-11-4-6-15-32(26)35-31-14-5-3-10-25(31)27-12-7-13-28-30(20-24)34(29)36(35)33(27)28/h2*1-22H;2*1-20H. The van der Waals surface area contributed by atoms with Crippen LogP contribution < -0.4 is 43.7 Å². The summed E-state index contributed by atoms with van der Waals surface area (Å²) in [4.78, 5) is 0. The van der Waals surface area contributed by atoms with E-state index in [2.05, 4.69) is 527 Å². The summed E-state index contributed by atoms with van der Waals surface area (Å²) in [5, 5.41) is 15.9. The van der Waals surface area contributed by atoms with Crippen LogP contribution in [0.5, 0.6) is 0 Å². The first-order valence-corrected chi connectivity index (χ1v) is 51.9. The monoisotopic (exact) mass is 1860 g/mol. The van der Waals surface area contributed by atoms with Crippen molar-refractivity contribution in [2.45, 2.75) is 0 Å². The highest BCUT2D eigenvalue weighted by Crippen LogP contribution is 2.54. The highest BCUT2D eigenvalue weighted by Gasteiger charge is 2.45. The van der Waals surface area contributed by atoms with E-state index in [0.717, 1.165) is 0 Å². The van der Waals surface area contributed by atoms with E-state index in [9.17, 15) is 0 Å². The number of rotatable bonds is 6. The van der Waals surface area contributed by atoms with Crippen LogP contribution in [0.15, 0.2) is 510 Å². The van der Waals surface area contributed by atoms with Gasteiger partial charge in [0.05, 0.1) is 0 Å². The zero-order valence-corrected chi connectivity index (χ0v) is 80.6. The van der Waals surface area contributed by atoms with Gasteiger partial charge >= 0.3 is 27.4 Å². The molecule has 12 heterocycles. The number of benzene rings is 24. The lowest BCUT2D eigenvalue weighted by atomic mass is 9.45. The molecule has 0 spiro atoms. The summed E-state index contributed by atoms with van der Waals surface area (Å²) >= 11 is 0. The van der Waals surface area contributed by atoms with Crippen LogP contribution in [0.2, 0.25) is 0 Å². The molecule has 0 saturated heterocycles. The second-order valence-electron chi connectivity index (χ2n) is 41.3. The molecule has 0 saturated carbocycles. The van der Waals surface area contributed by atoms with Crippen molar-refractivity contribution in [3.8, 4) is 156 Å². The summed E-state index contributed by atoms with van der Waals surface area (Å²) in [6.07, 6.45) is 0. The molecule has 8 aliphatic heterocycles. The normalized spacial score (nSPS) is 12.8. The summed E-state index contributed by atoms with van der Waals surface area (Å²) in [5.74, 6) is 0. The molecule has 0 radical (unpaired) electrons. The highest BCUT2D eigenvalue weighted by atomic mass is 15.0. The van der Waals surface area contributed by atoms with Crippen LogP contribution in [0.3, 0.4) is 0 Å². The van der Waals surface area contributed by atoms with Crippen molar-refractivity contribution in [2.75, 3.05) is 0 Å². The Morgan fingerprint density at radius 2 is 0.318 bits per heavy atom. The van der Waals surface area contributed by atoms with Crippen molar-refractivity contribution in [1.29, 1.82) is 0 Å². The van der Waals surface area contributed by atoms with E-state index in [1.54, 1.807) is 0 Å². The van der Waals surface area contributed by atoms with Gasteiger partial charge in [-0.1, -0.05) is 449 Å². The van der Waals surface area contributed by atoms with Gasteiger partial charge in [0, 0.05) is 132 Å². The molecule has 4 nitrogen and oxygen atoms in total. The lowest BCUT2D eigenvalue weighted by Crippen LogP contribution is -2.53. The Kier molecular flexibility index (Phi) is 17.3. The molecule has 28 aromatic rings. The lowest BCUT2D eigenvalue weighted by Gasteiger charge is -2.32. The van der Waals surface area contributed by atoms with Gasteiger partial charge < -0.3 is 17.9 Å². The molecule has 8 aliphatic rings. The molecule has 8 heteroatoms. The minimum atomic E-state index is 0.192. The number of hydrogen-bond acceptors (Lipinski definition) is 0. The van der Waals surface area contributed by atoms with Gasteiger partial charge in [0.2, 0.25) is 0 Å². The molecule has 148 heavy (non-hydrogen) atoms. The Balaban J connectivity index is 0.0000000859. The summed E-state index contributed by atoms with van der Waals surface area (Å²) in [7, 11) is 0. The summed E-state index contributed by atoms with van der Waals surface area (Å²) in [6, 6.07) is 189. The van der Waals surface area contributed by atoms with Crippen LogP contribution in [-0.4, -0.2) is 45.3 Å². The highest BCUT2D eigenvalue weighted by molar-refractivity contribution is 6.91. The molecule has 0 amide bonds. The average Bonchev–Trinajstić information content (AvgIpc) is 1.55. The molecule has 0 bridgehead atoms. The fraction of sp³-hybridized carbons (Fsp3) is 0. The average molecular weight is 1870 g/mol. The molecule has 0 fully saturated rings. The maximum atomic E-state index is 2.63. The quantitative estimate of drug-likeness (QED) is 0.148. The van der Waals surface area contributed by atoms with E-state index in [0.29, 0.717) is 0 Å². The molecular weight excluding hydrogens is 1780 g/mol. The number of nitrogens with zero attached hydrogens (tertiary/aromatic N) is 4. The van der Waals surface area contributed by atoms with E-state index in [1.807, 2.05) is 0 Å². The van der Waals surface area contributed by atoms with Crippen LogP contribution in [-0.2, 0) is 0 Å². The predicted octanol–water partition coefficient (Wildman–Crippen LogP) is 29.9. The third-order valence-electron chi connectivity index (χ3n) is 33.9. The van der Waals surface area contributed by atoms with E-state index in [-0.39, 0.29) is 27.4 Å². The van der Waals surface area contributed by atoms with Crippen LogP contribution in [0.25, 0.3) is 265 Å². The van der Waals surface area contributed by atoms with E-state index in [1.165, 1.54) is 308 Å². The fourth-order valence-corrected chi connectivity index (χ4v) is 27.8. The number of aromatic nitrogens is 4. The van der Waals surface area contributed by atoms with Crippen molar-refractivity contribution in [2.24, 2.45) is 0 Å². The van der Waals surface area contributed by atoms with E-state index in [4.69, 9.17) is 0 Å². The number of hydrogen-bond donors (Lipinski definition) is 0. The molecule has 4 aromatic heterocycles. The van der Waals surface area contributed by atoms with Crippen molar-refractivity contribution >= 4 is 180 Å². The second-order valence-corrected chi connectivity index (χ2v) is 41.3. The molecule has 24 aromatic carbocycles. The Morgan fingerprint density at radius 1 is 0.101 bits per heavy atom. The van der Waals surface area contributed by atoms with Gasteiger partial charge in [-0.25, -0.2) is 0 Å². The zero-order chi connectivity index (χ0) is 96.3.